The van der Waals surface area contributed by atoms with E-state index in [4.69, 9.17) is 4.65 Å². The maximum atomic E-state index is 12.6. The monoisotopic (exact) mass is 347 g/mol. The maximum absolute atomic E-state index is 12.6. The van der Waals surface area contributed by atoms with Crippen molar-refractivity contribution < 1.29 is 27.6 Å². The minimum absolute atomic E-state index is 0.0583. The van der Waals surface area contributed by atoms with Crippen molar-refractivity contribution in [3.63, 3.8) is 0 Å². The maximum Gasteiger partial charge on any atom is 0.491 e. The quantitative estimate of drug-likeness (QED) is 0.617. The van der Waals surface area contributed by atoms with Gasteiger partial charge in [-0.3, -0.25) is 4.72 Å². The standard InChI is InChI=1S/C15H14BNO6S/c1-22-15(18)12-4-2-3-5-14(12)24(20,21)17-11-7-6-10-9-23-16(19)13(10)8-11/h2-8,17,19H,9H2,1H3. The van der Waals surface area contributed by atoms with Crippen LogP contribution in [0.1, 0.15) is 15.9 Å². The molecule has 7 nitrogen and oxygen atoms in total. The second-order valence-corrected chi connectivity index (χ2v) is 6.82. The number of ether oxygens (including phenoxy) is 1. The van der Waals surface area contributed by atoms with E-state index in [1.807, 2.05) is 0 Å². The molecular formula is C15H14BNO6S. The lowest BCUT2D eigenvalue weighted by molar-refractivity contribution is 0.0596. The predicted molar refractivity (Wildman–Crippen MR) is 87.4 cm³/mol. The zero-order chi connectivity index (χ0) is 17.3. The molecule has 24 heavy (non-hydrogen) atoms. The summed E-state index contributed by atoms with van der Waals surface area (Å²) in [7, 11) is -3.90. The Labute approximate surface area is 139 Å². The third kappa shape index (κ3) is 3.01. The third-order valence-corrected chi connectivity index (χ3v) is 5.08. The Balaban J connectivity index is 1.96. The van der Waals surface area contributed by atoms with Gasteiger partial charge < -0.3 is 14.4 Å². The number of anilines is 1. The molecule has 0 fully saturated rings. The summed E-state index contributed by atoms with van der Waals surface area (Å²) < 4.78 is 37.3. The van der Waals surface area contributed by atoms with Crippen molar-refractivity contribution in [1.82, 2.24) is 0 Å². The molecule has 9 heteroatoms. The van der Waals surface area contributed by atoms with Crippen LogP contribution in [0.4, 0.5) is 5.69 Å². The normalized spacial score (nSPS) is 13.5. The molecule has 0 unspecified atom stereocenters. The predicted octanol–water partition coefficient (Wildman–Crippen LogP) is 0.492. The first-order valence-electron chi connectivity index (χ1n) is 7.05. The summed E-state index contributed by atoms with van der Waals surface area (Å²) in [5.41, 5.74) is 1.51. The molecular weight excluding hydrogens is 333 g/mol. The number of hydrogen-bond donors (Lipinski definition) is 2. The average molecular weight is 347 g/mol. The Bertz CT molecular complexity index is 899. The molecule has 1 heterocycles. The molecule has 0 atom stereocenters. The van der Waals surface area contributed by atoms with Crippen LogP contribution in [0.15, 0.2) is 47.4 Å². The number of carbonyl (C=O) groups excluding carboxylic acids is 1. The van der Waals surface area contributed by atoms with E-state index in [0.717, 1.165) is 5.56 Å². The van der Waals surface area contributed by atoms with Crippen molar-refractivity contribution in [1.29, 1.82) is 0 Å². The van der Waals surface area contributed by atoms with E-state index in [-0.39, 0.29) is 22.8 Å². The van der Waals surface area contributed by atoms with Crippen LogP contribution in [0.25, 0.3) is 0 Å². The van der Waals surface area contributed by atoms with Gasteiger partial charge in [-0.25, -0.2) is 13.2 Å². The van der Waals surface area contributed by atoms with Crippen molar-refractivity contribution >= 4 is 34.3 Å². The van der Waals surface area contributed by atoms with Gasteiger partial charge in [0.1, 0.15) is 4.90 Å². The largest absolute Gasteiger partial charge is 0.491 e. The molecule has 124 valence electrons. The van der Waals surface area contributed by atoms with Crippen LogP contribution in [0.2, 0.25) is 0 Å². The number of sulfonamides is 1. The van der Waals surface area contributed by atoms with Crippen molar-refractivity contribution in [2.75, 3.05) is 11.8 Å². The van der Waals surface area contributed by atoms with Gasteiger partial charge in [-0.15, -0.1) is 0 Å². The van der Waals surface area contributed by atoms with Crippen molar-refractivity contribution in [2.24, 2.45) is 0 Å². The number of fused-ring (bicyclic) bond motifs is 1. The van der Waals surface area contributed by atoms with Crippen LogP contribution >= 0.6 is 0 Å². The van der Waals surface area contributed by atoms with Gasteiger partial charge in [0.2, 0.25) is 0 Å². The highest BCUT2D eigenvalue weighted by atomic mass is 32.2. The van der Waals surface area contributed by atoms with Crippen LogP contribution in [-0.2, 0) is 26.0 Å². The zero-order valence-electron chi connectivity index (χ0n) is 12.7. The van der Waals surface area contributed by atoms with Gasteiger partial charge in [0.25, 0.3) is 10.0 Å². The Hall–Kier alpha value is -2.36. The topological polar surface area (TPSA) is 102 Å². The first-order valence-corrected chi connectivity index (χ1v) is 8.53. The summed E-state index contributed by atoms with van der Waals surface area (Å²) in [6.45, 7) is 0.273. The summed E-state index contributed by atoms with van der Waals surface area (Å²) >= 11 is 0. The Morgan fingerprint density at radius 2 is 2.04 bits per heavy atom. The van der Waals surface area contributed by atoms with Crippen LogP contribution in [0.5, 0.6) is 0 Å². The Morgan fingerprint density at radius 3 is 2.79 bits per heavy atom. The minimum Gasteiger partial charge on any atom is -0.465 e. The molecule has 0 radical (unpaired) electrons. The highest BCUT2D eigenvalue weighted by Gasteiger charge is 2.28. The number of esters is 1. The fourth-order valence-electron chi connectivity index (χ4n) is 2.47. The molecule has 0 spiro atoms. The van der Waals surface area contributed by atoms with E-state index < -0.39 is 23.1 Å². The zero-order valence-corrected chi connectivity index (χ0v) is 13.5. The highest BCUT2D eigenvalue weighted by molar-refractivity contribution is 7.92. The number of hydrogen-bond acceptors (Lipinski definition) is 6. The Kier molecular flexibility index (Phi) is 4.31. The molecule has 2 aromatic rings. The average Bonchev–Trinajstić information content (AvgIpc) is 2.94. The molecule has 2 N–H and O–H groups in total. The van der Waals surface area contributed by atoms with Gasteiger partial charge in [-0.05, 0) is 35.3 Å². The molecule has 2 aromatic carbocycles. The van der Waals surface area contributed by atoms with Crippen LogP contribution < -0.4 is 10.2 Å². The molecule has 0 amide bonds. The van der Waals surface area contributed by atoms with Gasteiger partial charge in [-0.1, -0.05) is 18.2 Å². The van der Waals surface area contributed by atoms with Crippen LogP contribution in [0.3, 0.4) is 0 Å². The van der Waals surface area contributed by atoms with E-state index in [9.17, 15) is 18.2 Å². The van der Waals surface area contributed by atoms with E-state index in [1.54, 1.807) is 18.2 Å². The molecule has 3 rings (SSSR count). The SMILES string of the molecule is COC(=O)c1ccccc1S(=O)(=O)Nc1ccc2c(c1)B(O)OC2. The molecule has 0 saturated carbocycles. The molecule has 0 saturated heterocycles. The molecule has 0 bridgehead atoms. The molecule has 1 aliphatic heterocycles. The van der Waals surface area contributed by atoms with Gasteiger partial charge in [0, 0.05) is 5.69 Å². The number of nitrogens with one attached hydrogen (secondary N) is 1. The first kappa shape index (κ1) is 16.5. The van der Waals surface area contributed by atoms with Crippen LogP contribution in [0, 0.1) is 0 Å². The second kappa shape index (κ2) is 6.27. The van der Waals surface area contributed by atoms with E-state index in [1.165, 1.54) is 31.4 Å². The summed E-state index contributed by atoms with van der Waals surface area (Å²) in [4.78, 5) is 11.6. The lowest BCUT2D eigenvalue weighted by Gasteiger charge is -2.12. The fraction of sp³-hybridized carbons (Fsp3) is 0.133. The van der Waals surface area contributed by atoms with E-state index in [2.05, 4.69) is 9.46 Å². The number of methoxy groups -OCH3 is 1. The highest BCUT2D eigenvalue weighted by Crippen LogP contribution is 2.21. The van der Waals surface area contributed by atoms with Gasteiger partial charge >= 0.3 is 13.1 Å². The molecule has 0 aromatic heterocycles. The summed E-state index contributed by atoms with van der Waals surface area (Å²) in [6.07, 6.45) is 0. The van der Waals surface area contributed by atoms with Crippen molar-refractivity contribution in [2.45, 2.75) is 11.5 Å². The number of benzene rings is 2. The number of carbonyl (C=O) groups is 1. The summed E-state index contributed by atoms with van der Waals surface area (Å²) in [6, 6.07) is 10.5. The van der Waals surface area contributed by atoms with Gasteiger partial charge in [0.05, 0.1) is 19.3 Å². The lowest BCUT2D eigenvalue weighted by Crippen LogP contribution is -2.28. The second-order valence-electron chi connectivity index (χ2n) is 5.17. The molecule has 1 aliphatic rings. The van der Waals surface area contributed by atoms with Gasteiger partial charge in [0.15, 0.2) is 0 Å². The number of rotatable bonds is 4. The first-order chi connectivity index (χ1) is 11.4. The Morgan fingerprint density at radius 1 is 1.29 bits per heavy atom. The summed E-state index contributed by atoms with van der Waals surface area (Å²) in [5, 5.41) is 9.71. The van der Waals surface area contributed by atoms with E-state index in [0.29, 0.717) is 5.46 Å². The van der Waals surface area contributed by atoms with Gasteiger partial charge in [-0.2, -0.15) is 0 Å². The van der Waals surface area contributed by atoms with Crippen molar-refractivity contribution in [3.05, 3.63) is 53.6 Å². The third-order valence-electron chi connectivity index (χ3n) is 3.64. The minimum atomic E-state index is -4.01. The van der Waals surface area contributed by atoms with Crippen LogP contribution in [-0.4, -0.2) is 33.6 Å². The summed E-state index contributed by atoms with van der Waals surface area (Å²) in [5.74, 6) is -0.742. The smallest absolute Gasteiger partial charge is 0.465 e. The van der Waals surface area contributed by atoms with E-state index >= 15 is 0 Å². The fourth-order valence-corrected chi connectivity index (χ4v) is 3.71. The van der Waals surface area contributed by atoms with Crippen molar-refractivity contribution in [3.8, 4) is 0 Å². The molecule has 0 aliphatic carbocycles. The lowest BCUT2D eigenvalue weighted by atomic mass is 9.79.